The quantitative estimate of drug-likeness (QED) is 0.738. The number of rotatable bonds is 0. The molecule has 17 heavy (non-hydrogen) atoms. The van der Waals surface area contributed by atoms with Gasteiger partial charge in [-0.05, 0) is 12.1 Å². The third kappa shape index (κ3) is 1.31. The van der Waals surface area contributed by atoms with Gasteiger partial charge in [-0.3, -0.25) is 0 Å². The maximum atomic E-state index is 13.8. The fourth-order valence-electron chi connectivity index (χ4n) is 2.40. The monoisotopic (exact) mass is 295 g/mol. The lowest BCUT2D eigenvalue weighted by atomic mass is 10.0. The van der Waals surface area contributed by atoms with E-state index < -0.39 is 17.5 Å². The Kier molecular flexibility index (Phi) is 2.17. The number of hydrogen-bond donors (Lipinski definition) is 0. The molecule has 1 aromatic rings. The van der Waals surface area contributed by atoms with Gasteiger partial charge in [-0.2, -0.15) is 5.26 Å². The number of nitrogens with zero attached hydrogens (tertiary/aromatic N) is 1. The summed E-state index contributed by atoms with van der Waals surface area (Å²) >= 11 is 3.36. The Hall–Kier alpha value is -1.54. The third-order valence-electron chi connectivity index (χ3n) is 3.07. The molecule has 1 atom stereocenters. The van der Waals surface area contributed by atoms with Gasteiger partial charge in [0.15, 0.2) is 0 Å². The van der Waals surface area contributed by atoms with Crippen LogP contribution in [0.2, 0.25) is 0 Å². The number of benzene rings is 1. The topological polar surface area (TPSA) is 42.2 Å². The molecular weight excluding hydrogens is 289 g/mol. The Morgan fingerprint density at radius 2 is 2.12 bits per heavy atom. The molecule has 1 unspecified atom stereocenters. The lowest BCUT2D eigenvalue weighted by Crippen LogP contribution is -2.24. The highest BCUT2D eigenvalue weighted by Crippen LogP contribution is 2.52. The second kappa shape index (κ2) is 3.47. The van der Waals surface area contributed by atoms with Crippen molar-refractivity contribution >= 4 is 15.9 Å². The molecule has 1 heterocycles. The van der Waals surface area contributed by atoms with Gasteiger partial charge in [0.25, 0.3) is 5.79 Å². The van der Waals surface area contributed by atoms with E-state index in [0.29, 0.717) is 22.0 Å². The Morgan fingerprint density at radius 1 is 1.41 bits per heavy atom. The van der Waals surface area contributed by atoms with Crippen LogP contribution in [0.1, 0.15) is 23.5 Å². The van der Waals surface area contributed by atoms with Crippen molar-refractivity contribution in [3.8, 4) is 6.07 Å². The zero-order valence-electron chi connectivity index (χ0n) is 8.61. The third-order valence-corrected chi connectivity index (χ3v) is 3.73. The van der Waals surface area contributed by atoms with Crippen molar-refractivity contribution < 1.29 is 13.9 Å². The van der Waals surface area contributed by atoms with Gasteiger partial charge >= 0.3 is 0 Å². The molecule has 2 aliphatic rings. The van der Waals surface area contributed by atoms with Gasteiger partial charge in [0.05, 0.1) is 17.6 Å². The van der Waals surface area contributed by atoms with E-state index in [1.807, 2.05) is 0 Å². The molecule has 0 radical (unpaired) electrons. The molecule has 1 spiro atoms. The predicted octanol–water partition coefficient (Wildman–Crippen LogP) is 3.27. The predicted molar refractivity (Wildman–Crippen MR) is 60.1 cm³/mol. The first-order chi connectivity index (χ1) is 8.18. The molecule has 86 valence electrons. The van der Waals surface area contributed by atoms with Crippen molar-refractivity contribution in [2.45, 2.75) is 18.1 Å². The van der Waals surface area contributed by atoms with Crippen LogP contribution in [0, 0.1) is 17.1 Å². The van der Waals surface area contributed by atoms with E-state index in [1.165, 1.54) is 18.6 Å². The van der Waals surface area contributed by atoms with Crippen molar-refractivity contribution in [3.05, 3.63) is 46.1 Å². The highest BCUT2D eigenvalue weighted by molar-refractivity contribution is 9.10. The standard InChI is InChI=1S/C12H7BrFNO2/c13-8-1-2-9(14)10-7(6-15)5-12(11(8)10)16-3-4-17-12/h1-4,7H,5H2. The summed E-state index contributed by atoms with van der Waals surface area (Å²) in [5.41, 5.74) is 0.944. The molecule has 0 saturated carbocycles. The Bertz CT molecular complexity index is 556. The summed E-state index contributed by atoms with van der Waals surface area (Å²) in [6.07, 6.45) is 3.13. The van der Waals surface area contributed by atoms with Gasteiger partial charge in [-0.1, -0.05) is 15.9 Å². The van der Waals surface area contributed by atoms with Crippen LogP contribution in [0.5, 0.6) is 0 Å². The number of halogens is 2. The van der Waals surface area contributed by atoms with Gasteiger partial charge in [-0.25, -0.2) is 4.39 Å². The van der Waals surface area contributed by atoms with Gasteiger partial charge in [0.1, 0.15) is 18.3 Å². The number of ether oxygens (including phenoxy) is 2. The summed E-state index contributed by atoms with van der Waals surface area (Å²) in [6.45, 7) is 0. The SMILES string of the molecule is N#CC1CC2(OC=CO2)c2c(Br)ccc(F)c21. The first-order valence-corrected chi connectivity index (χ1v) is 5.86. The fraction of sp³-hybridized carbons (Fsp3) is 0.250. The fourth-order valence-corrected chi connectivity index (χ4v) is 3.04. The minimum atomic E-state index is -1.04. The second-order valence-corrected chi connectivity index (χ2v) is 4.82. The van der Waals surface area contributed by atoms with Crippen molar-refractivity contribution in [1.29, 1.82) is 5.26 Å². The van der Waals surface area contributed by atoms with Gasteiger partial charge in [0.2, 0.25) is 0 Å². The maximum Gasteiger partial charge on any atom is 0.279 e. The molecule has 3 rings (SSSR count). The van der Waals surface area contributed by atoms with Gasteiger partial charge < -0.3 is 9.47 Å². The van der Waals surface area contributed by atoms with E-state index in [0.717, 1.165) is 0 Å². The number of hydrogen-bond acceptors (Lipinski definition) is 3. The Morgan fingerprint density at radius 3 is 2.76 bits per heavy atom. The average Bonchev–Trinajstić information content (AvgIpc) is 2.91. The molecule has 3 nitrogen and oxygen atoms in total. The van der Waals surface area contributed by atoms with Gasteiger partial charge in [-0.15, -0.1) is 0 Å². The van der Waals surface area contributed by atoms with Crippen LogP contribution < -0.4 is 0 Å². The summed E-state index contributed by atoms with van der Waals surface area (Å²) < 4.78 is 25.4. The van der Waals surface area contributed by atoms with Crippen molar-refractivity contribution in [2.75, 3.05) is 0 Å². The lowest BCUT2D eigenvalue weighted by molar-refractivity contribution is -0.148. The van der Waals surface area contributed by atoms with E-state index in [2.05, 4.69) is 22.0 Å². The highest BCUT2D eigenvalue weighted by Gasteiger charge is 2.51. The molecule has 5 heteroatoms. The van der Waals surface area contributed by atoms with Crippen molar-refractivity contribution in [1.82, 2.24) is 0 Å². The van der Waals surface area contributed by atoms with Crippen LogP contribution in [-0.2, 0) is 15.3 Å². The van der Waals surface area contributed by atoms with E-state index in [9.17, 15) is 4.39 Å². The molecule has 1 aliphatic heterocycles. The van der Waals surface area contributed by atoms with Crippen molar-refractivity contribution in [2.24, 2.45) is 0 Å². The van der Waals surface area contributed by atoms with Crippen LogP contribution >= 0.6 is 15.9 Å². The normalized spacial score (nSPS) is 23.0. The van der Waals surface area contributed by atoms with E-state index in [1.54, 1.807) is 6.07 Å². The zero-order valence-corrected chi connectivity index (χ0v) is 10.2. The molecule has 0 bridgehead atoms. The van der Waals surface area contributed by atoms with Crippen LogP contribution in [-0.4, -0.2) is 0 Å². The largest absolute Gasteiger partial charge is 0.453 e. The summed E-state index contributed by atoms with van der Waals surface area (Å²) in [5.74, 6) is -2.00. The van der Waals surface area contributed by atoms with Crippen LogP contribution in [0.4, 0.5) is 4.39 Å². The smallest absolute Gasteiger partial charge is 0.279 e. The summed E-state index contributed by atoms with van der Waals surface area (Å²) in [7, 11) is 0. The molecule has 0 fully saturated rings. The lowest BCUT2D eigenvalue weighted by Gasteiger charge is -2.24. The highest BCUT2D eigenvalue weighted by atomic mass is 79.9. The van der Waals surface area contributed by atoms with E-state index in [-0.39, 0.29) is 0 Å². The Labute approximate surface area is 106 Å². The second-order valence-electron chi connectivity index (χ2n) is 3.96. The molecular formula is C12H7BrFNO2. The van der Waals surface area contributed by atoms with E-state index >= 15 is 0 Å². The summed E-state index contributed by atoms with van der Waals surface area (Å²) in [4.78, 5) is 0. The van der Waals surface area contributed by atoms with Crippen LogP contribution in [0.15, 0.2) is 29.1 Å². The molecule has 0 N–H and O–H groups in total. The average molecular weight is 296 g/mol. The summed E-state index contributed by atoms with van der Waals surface area (Å²) in [6, 6.07) is 5.03. The Balaban J connectivity index is 2.26. The molecule has 0 saturated heterocycles. The molecule has 0 amide bonds. The van der Waals surface area contributed by atoms with E-state index in [4.69, 9.17) is 14.7 Å². The molecule has 0 aromatic heterocycles. The minimum Gasteiger partial charge on any atom is -0.453 e. The number of fused-ring (bicyclic) bond motifs is 2. The number of nitriles is 1. The van der Waals surface area contributed by atoms with Crippen LogP contribution in [0.25, 0.3) is 0 Å². The first-order valence-electron chi connectivity index (χ1n) is 5.06. The minimum absolute atomic E-state index is 0.297. The van der Waals surface area contributed by atoms with Crippen LogP contribution in [0.3, 0.4) is 0 Å². The maximum absolute atomic E-state index is 13.8. The zero-order chi connectivity index (χ0) is 12.0. The first kappa shape index (κ1) is 10.6. The molecule has 1 aliphatic carbocycles. The molecule has 1 aromatic carbocycles. The van der Waals surface area contributed by atoms with Crippen molar-refractivity contribution in [3.63, 3.8) is 0 Å². The van der Waals surface area contributed by atoms with Gasteiger partial charge in [0, 0.05) is 16.5 Å². The summed E-state index contributed by atoms with van der Waals surface area (Å²) in [5, 5.41) is 9.11.